The van der Waals surface area contributed by atoms with Gasteiger partial charge in [0.2, 0.25) is 0 Å². The molecule has 0 aromatic rings. The molecule has 0 aromatic heterocycles. The van der Waals surface area contributed by atoms with Gasteiger partial charge in [-0.15, -0.1) is 0 Å². The van der Waals surface area contributed by atoms with E-state index in [-0.39, 0.29) is 11.6 Å². The van der Waals surface area contributed by atoms with E-state index >= 15 is 0 Å². The van der Waals surface area contributed by atoms with E-state index in [0.717, 1.165) is 37.0 Å². The first kappa shape index (κ1) is 19.9. The van der Waals surface area contributed by atoms with Crippen molar-refractivity contribution in [2.24, 2.45) is 57.4 Å². The summed E-state index contributed by atoms with van der Waals surface area (Å²) in [5, 5.41) is 12.9. The lowest BCUT2D eigenvalue weighted by atomic mass is 9.43. The zero-order chi connectivity index (χ0) is 25.1. The van der Waals surface area contributed by atoms with Gasteiger partial charge in [-0.25, -0.2) is 0 Å². The molecule has 4 saturated carbocycles. The van der Waals surface area contributed by atoms with E-state index in [0.29, 0.717) is 23.2 Å². The normalized spacial score (nSPS) is 52.5. The van der Waals surface area contributed by atoms with Crippen molar-refractivity contribution in [3.63, 3.8) is 0 Å². The zero-order valence-corrected chi connectivity index (χ0v) is 20.9. The Hall–Kier alpha value is -0.570. The van der Waals surface area contributed by atoms with Crippen molar-refractivity contribution in [2.75, 3.05) is 7.11 Å². The second-order valence-electron chi connectivity index (χ2n) is 12.4. The summed E-state index contributed by atoms with van der Waals surface area (Å²) in [7, 11) is 1.66. The van der Waals surface area contributed by atoms with Gasteiger partial charge in [0.25, 0.3) is 0 Å². The number of hydrogen-bond acceptors (Lipinski definition) is 3. The lowest BCUT2D eigenvalue weighted by Gasteiger charge is -2.62. The Morgan fingerprint density at radius 2 is 1.87 bits per heavy atom. The standard InChI is InChI=1S/C28H49NO2/c1-18(2)8-7-9-19(3)23-12-13-24-22-11-10-20-16-21(29-30)17-26(31-6)28(20,5)25(22)14-15-27(23,24)4/h18-20,22-26,30H,7-17H2,1-6H3/b29-21+/t19-,20-,22+,23-,24+,25+,26+,27-,28+/m1/s1/i16D2,17D/t17-,19+,20+,22-,23+,24-,25-,26-,27+,28-/m0. The van der Waals surface area contributed by atoms with E-state index in [9.17, 15) is 5.21 Å². The smallest absolute Gasteiger partial charge is 0.0683 e. The summed E-state index contributed by atoms with van der Waals surface area (Å²) < 4.78 is 32.6. The molecule has 0 spiro atoms. The molecular weight excluding hydrogens is 382 g/mol. The van der Waals surface area contributed by atoms with Gasteiger partial charge < -0.3 is 9.94 Å². The SMILES string of the molecule is [2H][C@H]1/C(=N/O)C([2H])([2H])[C@H]2CC[C@H]3[C@@H]4CC[C@H]([C@H](C)CCCC(C)C)[C@@]4(C)CC[C@@H]3[C@@]2(C)[C@H]1OC. The number of fused-ring (bicyclic) bond motifs is 5. The first-order valence-electron chi connectivity index (χ1n) is 14.7. The molecule has 4 fully saturated rings. The van der Waals surface area contributed by atoms with Crippen LogP contribution < -0.4 is 0 Å². The van der Waals surface area contributed by atoms with Crippen molar-refractivity contribution in [3.05, 3.63) is 0 Å². The van der Waals surface area contributed by atoms with Crippen molar-refractivity contribution in [3.8, 4) is 0 Å². The molecule has 0 aromatic carbocycles. The Morgan fingerprint density at radius 3 is 2.55 bits per heavy atom. The summed E-state index contributed by atoms with van der Waals surface area (Å²) in [5.74, 6) is 3.73. The maximum Gasteiger partial charge on any atom is 0.0683 e. The molecule has 178 valence electrons. The number of ether oxygens (including phenoxy) is 1. The van der Waals surface area contributed by atoms with Crippen molar-refractivity contribution >= 4 is 5.71 Å². The summed E-state index contributed by atoms with van der Waals surface area (Å²) in [4.78, 5) is 0. The maximum atomic E-state index is 9.62. The van der Waals surface area contributed by atoms with Gasteiger partial charge in [0, 0.05) is 23.0 Å². The molecule has 3 nitrogen and oxygen atoms in total. The van der Waals surface area contributed by atoms with Crippen LogP contribution in [0, 0.1) is 52.3 Å². The van der Waals surface area contributed by atoms with Crippen molar-refractivity contribution in [1.82, 2.24) is 0 Å². The van der Waals surface area contributed by atoms with E-state index in [1.54, 1.807) is 7.11 Å². The second-order valence-corrected chi connectivity index (χ2v) is 12.4. The Balaban J connectivity index is 1.60. The van der Waals surface area contributed by atoms with E-state index in [1.807, 2.05) is 0 Å². The van der Waals surface area contributed by atoms with Gasteiger partial charge in [-0.1, -0.05) is 59.0 Å². The van der Waals surface area contributed by atoms with Gasteiger partial charge in [0.1, 0.15) is 0 Å². The number of rotatable bonds is 6. The molecule has 31 heavy (non-hydrogen) atoms. The maximum absolute atomic E-state index is 9.62. The van der Waals surface area contributed by atoms with E-state index in [4.69, 9.17) is 8.85 Å². The Bertz CT molecular complexity index is 773. The molecule has 0 unspecified atom stereocenters. The van der Waals surface area contributed by atoms with Gasteiger partial charge >= 0.3 is 0 Å². The number of oxime groups is 1. The Morgan fingerprint density at radius 1 is 1.10 bits per heavy atom. The molecule has 3 heteroatoms. The van der Waals surface area contributed by atoms with Crippen LogP contribution in [0.1, 0.15) is 109 Å². The van der Waals surface area contributed by atoms with E-state index in [1.165, 1.54) is 38.5 Å². The topological polar surface area (TPSA) is 41.8 Å². The quantitative estimate of drug-likeness (QED) is 0.346. The average Bonchev–Trinajstić information content (AvgIpc) is 3.11. The highest BCUT2D eigenvalue weighted by molar-refractivity contribution is 5.85. The lowest BCUT2D eigenvalue weighted by molar-refractivity contribution is -0.159. The molecule has 0 saturated heterocycles. The van der Waals surface area contributed by atoms with Crippen LogP contribution in [-0.2, 0) is 4.74 Å². The van der Waals surface area contributed by atoms with Crippen molar-refractivity contribution < 1.29 is 14.1 Å². The lowest BCUT2D eigenvalue weighted by Crippen LogP contribution is -2.59. The fraction of sp³-hybridized carbons (Fsp3) is 0.964. The van der Waals surface area contributed by atoms with Gasteiger partial charge in [-0.05, 0) is 91.7 Å². The van der Waals surface area contributed by atoms with Gasteiger partial charge in [-0.2, -0.15) is 0 Å². The molecule has 4 aliphatic carbocycles. The summed E-state index contributed by atoms with van der Waals surface area (Å²) >= 11 is 0. The first-order chi connectivity index (χ1) is 15.9. The number of nitrogens with zero attached hydrogens (tertiary/aromatic N) is 1. The largest absolute Gasteiger partial charge is 0.411 e. The highest BCUT2D eigenvalue weighted by Gasteiger charge is 2.62. The first-order valence-corrected chi connectivity index (χ1v) is 13.1. The van der Waals surface area contributed by atoms with Crippen molar-refractivity contribution in [2.45, 2.75) is 111 Å². The van der Waals surface area contributed by atoms with Crippen LogP contribution in [0.3, 0.4) is 0 Å². The monoisotopic (exact) mass is 434 g/mol. The average molecular weight is 435 g/mol. The predicted molar refractivity (Wildman–Crippen MR) is 128 cm³/mol. The van der Waals surface area contributed by atoms with Crippen LogP contribution in [0.5, 0.6) is 0 Å². The minimum absolute atomic E-state index is 0.0444. The third-order valence-corrected chi connectivity index (χ3v) is 10.6. The molecule has 0 aliphatic heterocycles. The van der Waals surface area contributed by atoms with Crippen LogP contribution in [0.2, 0.25) is 0 Å². The number of methoxy groups -OCH3 is 1. The predicted octanol–water partition coefficient (Wildman–Crippen LogP) is 7.56. The highest BCUT2D eigenvalue weighted by atomic mass is 16.5. The molecule has 0 heterocycles. The van der Waals surface area contributed by atoms with E-state index < -0.39 is 24.3 Å². The van der Waals surface area contributed by atoms with Crippen molar-refractivity contribution in [1.29, 1.82) is 0 Å². The number of hydrogen-bond donors (Lipinski definition) is 1. The van der Waals surface area contributed by atoms with E-state index in [2.05, 4.69) is 39.8 Å². The molecular formula is C28H49NO2. The molecule has 1 N–H and O–H groups in total. The van der Waals surface area contributed by atoms with Gasteiger partial charge in [0.05, 0.1) is 11.8 Å². The third kappa shape index (κ3) is 3.89. The van der Waals surface area contributed by atoms with Crippen LogP contribution >= 0.6 is 0 Å². The summed E-state index contributed by atoms with van der Waals surface area (Å²) in [6.45, 7) is 11.9. The molecule has 10 atom stereocenters. The Labute approximate surface area is 196 Å². The molecule has 0 bridgehead atoms. The molecule has 4 rings (SSSR count). The zero-order valence-electron chi connectivity index (χ0n) is 23.9. The van der Waals surface area contributed by atoms with Crippen LogP contribution in [0.4, 0.5) is 0 Å². The van der Waals surface area contributed by atoms with Crippen LogP contribution in [-0.4, -0.2) is 24.1 Å². The molecule has 4 aliphatic rings. The minimum Gasteiger partial charge on any atom is -0.411 e. The minimum atomic E-state index is -1.76. The highest BCUT2D eigenvalue weighted by Crippen LogP contribution is 2.68. The summed E-state index contributed by atoms with van der Waals surface area (Å²) in [6.07, 6.45) is 7.65. The van der Waals surface area contributed by atoms with Crippen LogP contribution in [0.25, 0.3) is 0 Å². The molecule has 0 amide bonds. The second kappa shape index (κ2) is 8.99. The van der Waals surface area contributed by atoms with Gasteiger partial charge in [0.15, 0.2) is 0 Å². The summed E-state index contributed by atoms with van der Waals surface area (Å²) in [5.41, 5.74) is -0.0721. The fourth-order valence-electron chi connectivity index (χ4n) is 8.99. The Kier molecular flexibility index (Phi) is 5.76. The van der Waals surface area contributed by atoms with Gasteiger partial charge in [-0.3, -0.25) is 0 Å². The molecule has 0 radical (unpaired) electrons. The van der Waals surface area contributed by atoms with Crippen LogP contribution in [0.15, 0.2) is 5.16 Å². The summed E-state index contributed by atoms with van der Waals surface area (Å²) in [6, 6.07) is 0. The fourth-order valence-corrected chi connectivity index (χ4v) is 8.99. The third-order valence-electron chi connectivity index (χ3n) is 10.6.